The molecule has 0 radical (unpaired) electrons. The maximum absolute atomic E-state index is 10.4. The van der Waals surface area contributed by atoms with Crippen molar-refractivity contribution in [3.8, 4) is 5.75 Å². The van der Waals surface area contributed by atoms with Crippen LogP contribution in [0.5, 0.6) is 5.75 Å². The molecular formula is C12H16O5S. The third kappa shape index (κ3) is 3.29. The molecule has 6 heteroatoms. The van der Waals surface area contributed by atoms with Gasteiger partial charge < -0.3 is 9.47 Å². The van der Waals surface area contributed by atoms with E-state index in [0.717, 1.165) is 11.3 Å². The first-order valence-electron chi connectivity index (χ1n) is 5.68. The summed E-state index contributed by atoms with van der Waals surface area (Å²) < 4.78 is 35.1. The molecule has 0 aromatic heterocycles. The molecule has 0 bridgehead atoms. The number of rotatable bonds is 4. The predicted molar refractivity (Wildman–Crippen MR) is 66.3 cm³/mol. The number of benzene rings is 1. The third-order valence-corrected chi connectivity index (χ3v) is 2.98. The van der Waals surface area contributed by atoms with Crippen LogP contribution in [0.25, 0.3) is 0 Å². The van der Waals surface area contributed by atoms with Crippen LogP contribution in [-0.2, 0) is 20.3 Å². The molecule has 1 N–H and O–H groups in total. The van der Waals surface area contributed by atoms with Gasteiger partial charge in [-0.2, -0.15) is 4.21 Å². The Bertz CT molecular complexity index is 446. The average molecular weight is 272 g/mol. The molecule has 2 rings (SSSR count). The summed E-state index contributed by atoms with van der Waals surface area (Å²) in [5, 5.41) is 0. The van der Waals surface area contributed by atoms with E-state index in [0.29, 0.717) is 6.42 Å². The fourth-order valence-electron chi connectivity index (χ4n) is 1.98. The standard InChI is InChI=1S/C12H16O5S/c1-12(2)16-10-6-4-3-5-9(10)11(17-12)7-8-15-18(13)14/h3-6,11H,7-8H2,1-2H3,(H,13,14). The molecule has 5 nitrogen and oxygen atoms in total. The van der Waals surface area contributed by atoms with Crippen molar-refractivity contribution in [3.63, 3.8) is 0 Å². The van der Waals surface area contributed by atoms with Gasteiger partial charge in [0.25, 0.3) is 0 Å². The van der Waals surface area contributed by atoms with E-state index in [1.54, 1.807) is 0 Å². The molecule has 0 spiro atoms. The van der Waals surface area contributed by atoms with Gasteiger partial charge >= 0.3 is 11.4 Å². The van der Waals surface area contributed by atoms with Crippen molar-refractivity contribution >= 4 is 11.4 Å². The minimum atomic E-state index is -2.23. The van der Waals surface area contributed by atoms with Crippen molar-refractivity contribution in [2.75, 3.05) is 6.61 Å². The summed E-state index contributed by atoms with van der Waals surface area (Å²) in [6.07, 6.45) is 0.296. The van der Waals surface area contributed by atoms with Crippen LogP contribution in [-0.4, -0.2) is 21.2 Å². The molecule has 1 heterocycles. The van der Waals surface area contributed by atoms with Crippen LogP contribution >= 0.6 is 0 Å². The summed E-state index contributed by atoms with van der Waals surface area (Å²) in [6.45, 7) is 3.82. The van der Waals surface area contributed by atoms with Gasteiger partial charge in [-0.05, 0) is 6.07 Å². The lowest BCUT2D eigenvalue weighted by Crippen LogP contribution is -2.38. The lowest BCUT2D eigenvalue weighted by atomic mass is 10.0. The summed E-state index contributed by atoms with van der Waals surface area (Å²) >= 11 is -2.23. The monoisotopic (exact) mass is 272 g/mol. The highest BCUT2D eigenvalue weighted by molar-refractivity contribution is 7.74. The van der Waals surface area contributed by atoms with Gasteiger partial charge in [-0.15, -0.1) is 0 Å². The van der Waals surface area contributed by atoms with E-state index in [1.807, 2.05) is 38.1 Å². The second-order valence-corrected chi connectivity index (χ2v) is 5.14. The molecule has 1 aliphatic rings. The van der Waals surface area contributed by atoms with Crippen LogP contribution in [0.3, 0.4) is 0 Å². The van der Waals surface area contributed by atoms with Gasteiger partial charge in [0, 0.05) is 25.8 Å². The third-order valence-electron chi connectivity index (χ3n) is 2.61. The highest BCUT2D eigenvalue weighted by Gasteiger charge is 2.33. The molecule has 100 valence electrons. The van der Waals surface area contributed by atoms with Crippen molar-refractivity contribution in [1.29, 1.82) is 0 Å². The Morgan fingerprint density at radius 1 is 1.44 bits per heavy atom. The molecule has 0 saturated carbocycles. The van der Waals surface area contributed by atoms with Crippen LogP contribution in [0.2, 0.25) is 0 Å². The van der Waals surface area contributed by atoms with Crippen LogP contribution in [0.1, 0.15) is 31.9 Å². The average Bonchev–Trinajstić information content (AvgIpc) is 2.27. The fraction of sp³-hybridized carbons (Fsp3) is 0.500. The van der Waals surface area contributed by atoms with Gasteiger partial charge in [0.15, 0.2) is 0 Å². The van der Waals surface area contributed by atoms with E-state index >= 15 is 0 Å². The topological polar surface area (TPSA) is 65.0 Å². The van der Waals surface area contributed by atoms with Crippen LogP contribution < -0.4 is 4.74 Å². The Hall–Kier alpha value is -0.950. The predicted octanol–water partition coefficient (Wildman–Crippen LogP) is 2.42. The Labute approximate surface area is 109 Å². The number of hydrogen-bond donors (Lipinski definition) is 1. The molecular weight excluding hydrogens is 256 g/mol. The number of fused-ring (bicyclic) bond motifs is 1. The van der Waals surface area contributed by atoms with E-state index in [2.05, 4.69) is 4.18 Å². The van der Waals surface area contributed by atoms with E-state index in [4.69, 9.17) is 14.0 Å². The summed E-state index contributed by atoms with van der Waals surface area (Å²) in [4.78, 5) is 0. The molecule has 0 fully saturated rings. The highest BCUT2D eigenvalue weighted by Crippen LogP contribution is 2.39. The van der Waals surface area contributed by atoms with Crippen LogP contribution in [0.4, 0.5) is 0 Å². The molecule has 0 amide bonds. The van der Waals surface area contributed by atoms with Crippen molar-refractivity contribution < 1.29 is 22.4 Å². The second kappa shape index (κ2) is 5.36. The van der Waals surface area contributed by atoms with Gasteiger partial charge in [-0.25, -0.2) is 0 Å². The van der Waals surface area contributed by atoms with E-state index in [9.17, 15) is 4.21 Å². The van der Waals surface area contributed by atoms with Gasteiger partial charge in [0.1, 0.15) is 5.75 Å². The maximum atomic E-state index is 10.4. The van der Waals surface area contributed by atoms with Crippen molar-refractivity contribution in [2.24, 2.45) is 0 Å². The Kier molecular flexibility index (Phi) is 4.01. The smallest absolute Gasteiger partial charge is 0.301 e. The normalized spacial score (nSPS) is 22.9. The van der Waals surface area contributed by atoms with Gasteiger partial charge in [0.05, 0.1) is 12.7 Å². The first-order chi connectivity index (χ1) is 8.48. The largest absolute Gasteiger partial charge is 0.463 e. The lowest BCUT2D eigenvalue weighted by molar-refractivity contribution is -0.209. The quantitative estimate of drug-likeness (QED) is 0.853. The first kappa shape index (κ1) is 13.5. The summed E-state index contributed by atoms with van der Waals surface area (Å²) in [5.74, 6) is 0.0704. The SMILES string of the molecule is CC1(C)Oc2ccccc2C(CCOS(=O)O)O1. The fourth-order valence-corrected chi connectivity index (χ4v) is 2.21. The molecule has 1 aromatic carbocycles. The molecule has 0 aliphatic carbocycles. The molecule has 1 aliphatic heterocycles. The molecule has 1 aromatic rings. The van der Waals surface area contributed by atoms with E-state index < -0.39 is 17.1 Å². The van der Waals surface area contributed by atoms with Crippen LogP contribution in [0, 0.1) is 0 Å². The Morgan fingerprint density at radius 2 is 2.17 bits per heavy atom. The zero-order valence-electron chi connectivity index (χ0n) is 10.3. The lowest BCUT2D eigenvalue weighted by Gasteiger charge is -2.37. The van der Waals surface area contributed by atoms with Crippen molar-refractivity contribution in [1.82, 2.24) is 0 Å². The van der Waals surface area contributed by atoms with Gasteiger partial charge in [-0.1, -0.05) is 18.2 Å². The zero-order valence-corrected chi connectivity index (χ0v) is 11.1. The number of hydrogen-bond acceptors (Lipinski definition) is 4. The summed E-state index contributed by atoms with van der Waals surface area (Å²) in [6, 6.07) is 7.61. The zero-order chi connectivity index (χ0) is 13.2. The minimum absolute atomic E-state index is 0.151. The molecule has 2 atom stereocenters. The second-order valence-electron chi connectivity index (χ2n) is 4.47. The van der Waals surface area contributed by atoms with Gasteiger partial charge in [0.2, 0.25) is 5.79 Å². The summed E-state index contributed by atoms with van der Waals surface area (Å²) in [5.41, 5.74) is 0.934. The highest BCUT2D eigenvalue weighted by atomic mass is 32.2. The number of ether oxygens (including phenoxy) is 2. The van der Waals surface area contributed by atoms with E-state index in [1.165, 1.54) is 0 Å². The van der Waals surface area contributed by atoms with Gasteiger partial charge in [-0.3, -0.25) is 8.74 Å². The maximum Gasteiger partial charge on any atom is 0.301 e. The van der Waals surface area contributed by atoms with Crippen LogP contribution in [0.15, 0.2) is 24.3 Å². The molecule has 2 unspecified atom stereocenters. The molecule has 0 saturated heterocycles. The minimum Gasteiger partial charge on any atom is -0.463 e. The van der Waals surface area contributed by atoms with Crippen molar-refractivity contribution in [2.45, 2.75) is 32.2 Å². The first-order valence-corrected chi connectivity index (χ1v) is 6.71. The van der Waals surface area contributed by atoms with Crippen molar-refractivity contribution in [3.05, 3.63) is 29.8 Å². The summed E-state index contributed by atoms with van der Waals surface area (Å²) in [7, 11) is 0. The number of para-hydroxylation sites is 1. The molecule has 18 heavy (non-hydrogen) atoms. The Morgan fingerprint density at radius 3 is 2.89 bits per heavy atom. The Balaban J connectivity index is 2.12. The van der Waals surface area contributed by atoms with E-state index in [-0.39, 0.29) is 12.7 Å².